The molecule has 7 heteroatoms. The van der Waals surface area contributed by atoms with E-state index in [0.29, 0.717) is 12.6 Å². The topological polar surface area (TPSA) is 76.2 Å². The highest BCUT2D eigenvalue weighted by atomic mass is 16.7. The number of H-pyrrole nitrogens is 1. The van der Waals surface area contributed by atoms with Gasteiger partial charge in [-0.2, -0.15) is 5.21 Å². The minimum absolute atomic E-state index is 0.313. The van der Waals surface area contributed by atoms with Crippen LogP contribution in [0.4, 0.5) is 0 Å². The van der Waals surface area contributed by atoms with E-state index in [-0.39, 0.29) is 0 Å². The smallest absolute Gasteiger partial charge is 0.231 e. The van der Waals surface area contributed by atoms with E-state index in [4.69, 9.17) is 9.47 Å². The molecule has 108 valence electrons. The van der Waals surface area contributed by atoms with Gasteiger partial charge < -0.3 is 9.47 Å². The number of fused-ring (bicyclic) bond motifs is 1. The molecule has 0 fully saturated rings. The van der Waals surface area contributed by atoms with Crippen LogP contribution in [0.1, 0.15) is 17.8 Å². The number of hydrogen-bond donors (Lipinski definition) is 1. The van der Waals surface area contributed by atoms with Gasteiger partial charge in [-0.25, -0.2) is 0 Å². The monoisotopic (exact) mass is 285 g/mol. The van der Waals surface area contributed by atoms with Gasteiger partial charge in [-0.1, -0.05) is 12.1 Å². The summed E-state index contributed by atoms with van der Waals surface area (Å²) in [6.45, 7) is 3.03. The quantitative estimate of drug-likeness (QED) is 0.913. The summed E-state index contributed by atoms with van der Waals surface area (Å²) in [4.78, 5) is 2.36. The van der Waals surface area contributed by atoms with E-state index in [1.807, 2.05) is 6.07 Å². The van der Waals surface area contributed by atoms with Gasteiger partial charge in [0.25, 0.3) is 0 Å². The molecule has 2 aliphatic rings. The molecule has 0 saturated carbocycles. The molecular weight excluding hydrogens is 270 g/mol. The van der Waals surface area contributed by atoms with Crippen LogP contribution in [0.15, 0.2) is 24.3 Å². The van der Waals surface area contributed by atoms with Gasteiger partial charge in [0.15, 0.2) is 11.5 Å². The van der Waals surface area contributed by atoms with Crippen molar-refractivity contribution in [2.45, 2.75) is 13.0 Å². The van der Waals surface area contributed by atoms with Gasteiger partial charge in [0.1, 0.15) is 0 Å². The SMILES string of the molecule is C1=C(c2nn[nH]n2)CN(Cc2ccc3c(c2)OCO3)CC1. The molecule has 2 aliphatic heterocycles. The van der Waals surface area contributed by atoms with Crippen molar-refractivity contribution in [2.75, 3.05) is 19.9 Å². The van der Waals surface area contributed by atoms with Crippen molar-refractivity contribution in [1.82, 2.24) is 25.5 Å². The van der Waals surface area contributed by atoms with Crippen molar-refractivity contribution >= 4 is 5.57 Å². The zero-order valence-electron chi connectivity index (χ0n) is 11.5. The highest BCUT2D eigenvalue weighted by molar-refractivity contribution is 5.61. The fourth-order valence-corrected chi connectivity index (χ4v) is 2.70. The normalized spacial score (nSPS) is 17.8. The van der Waals surface area contributed by atoms with Crippen molar-refractivity contribution < 1.29 is 9.47 Å². The van der Waals surface area contributed by atoms with Gasteiger partial charge in [-0.15, -0.1) is 10.2 Å². The number of aromatic nitrogens is 4. The average Bonchev–Trinajstić information content (AvgIpc) is 3.18. The van der Waals surface area contributed by atoms with Gasteiger partial charge in [-0.3, -0.25) is 4.90 Å². The summed E-state index contributed by atoms with van der Waals surface area (Å²) in [7, 11) is 0. The Labute approximate surface area is 121 Å². The fourth-order valence-electron chi connectivity index (χ4n) is 2.70. The van der Waals surface area contributed by atoms with Crippen LogP contribution < -0.4 is 9.47 Å². The van der Waals surface area contributed by atoms with Crippen molar-refractivity contribution in [2.24, 2.45) is 0 Å². The number of tetrazole rings is 1. The second-order valence-electron chi connectivity index (χ2n) is 5.15. The van der Waals surface area contributed by atoms with Gasteiger partial charge in [0, 0.05) is 25.2 Å². The largest absolute Gasteiger partial charge is 0.454 e. The van der Waals surface area contributed by atoms with Gasteiger partial charge >= 0.3 is 0 Å². The number of nitrogens with zero attached hydrogens (tertiary/aromatic N) is 4. The Balaban J connectivity index is 1.47. The molecule has 0 atom stereocenters. The predicted octanol–water partition coefficient (Wildman–Crippen LogP) is 1.22. The van der Waals surface area contributed by atoms with Crippen LogP contribution in [0.25, 0.3) is 5.57 Å². The Kier molecular flexibility index (Phi) is 3.04. The molecule has 1 aromatic carbocycles. The summed E-state index contributed by atoms with van der Waals surface area (Å²) in [5.41, 5.74) is 2.34. The Hall–Kier alpha value is -2.41. The molecular formula is C14H15N5O2. The summed E-state index contributed by atoms with van der Waals surface area (Å²) in [5.74, 6) is 2.34. The van der Waals surface area contributed by atoms with E-state index in [0.717, 1.165) is 43.1 Å². The first kappa shape index (κ1) is 12.3. The molecule has 0 amide bonds. The van der Waals surface area contributed by atoms with Gasteiger partial charge in [-0.05, 0) is 29.3 Å². The molecule has 0 bridgehead atoms. The average molecular weight is 285 g/mol. The number of rotatable bonds is 3. The Morgan fingerprint density at radius 3 is 3.10 bits per heavy atom. The van der Waals surface area contributed by atoms with Crippen molar-refractivity contribution in [3.8, 4) is 11.5 Å². The second kappa shape index (κ2) is 5.17. The maximum atomic E-state index is 5.42. The molecule has 0 unspecified atom stereocenters. The highest BCUT2D eigenvalue weighted by Gasteiger charge is 2.18. The van der Waals surface area contributed by atoms with Crippen molar-refractivity contribution in [3.05, 3.63) is 35.7 Å². The lowest BCUT2D eigenvalue weighted by Gasteiger charge is -2.26. The van der Waals surface area contributed by atoms with E-state index < -0.39 is 0 Å². The van der Waals surface area contributed by atoms with Crippen LogP contribution in [0.2, 0.25) is 0 Å². The fraction of sp³-hybridized carbons (Fsp3) is 0.357. The lowest BCUT2D eigenvalue weighted by Crippen LogP contribution is -2.29. The summed E-state index contributed by atoms with van der Waals surface area (Å²) in [6.07, 6.45) is 3.18. The number of nitrogens with one attached hydrogen (secondary N) is 1. The molecule has 0 spiro atoms. The minimum Gasteiger partial charge on any atom is -0.454 e. The molecule has 2 aromatic rings. The number of hydrogen-bond acceptors (Lipinski definition) is 6. The third-order valence-corrected chi connectivity index (χ3v) is 3.71. The Bertz CT molecular complexity index is 668. The molecule has 0 saturated heterocycles. The zero-order chi connectivity index (χ0) is 14.1. The molecule has 7 nitrogen and oxygen atoms in total. The number of ether oxygens (including phenoxy) is 2. The van der Waals surface area contributed by atoms with E-state index in [1.54, 1.807) is 0 Å². The number of benzene rings is 1. The lowest BCUT2D eigenvalue weighted by atomic mass is 10.1. The Morgan fingerprint density at radius 1 is 1.24 bits per heavy atom. The predicted molar refractivity (Wildman–Crippen MR) is 74.6 cm³/mol. The van der Waals surface area contributed by atoms with Crippen LogP contribution in [0.5, 0.6) is 11.5 Å². The van der Waals surface area contributed by atoms with Crippen molar-refractivity contribution in [3.63, 3.8) is 0 Å². The molecule has 0 aliphatic carbocycles. The first-order valence-corrected chi connectivity index (χ1v) is 6.92. The maximum Gasteiger partial charge on any atom is 0.231 e. The van der Waals surface area contributed by atoms with Crippen LogP contribution in [-0.4, -0.2) is 45.4 Å². The number of aromatic amines is 1. The highest BCUT2D eigenvalue weighted by Crippen LogP contribution is 2.33. The van der Waals surface area contributed by atoms with E-state index in [9.17, 15) is 0 Å². The van der Waals surface area contributed by atoms with E-state index >= 15 is 0 Å². The van der Waals surface area contributed by atoms with Gasteiger partial charge in [0.05, 0.1) is 0 Å². The van der Waals surface area contributed by atoms with Crippen LogP contribution in [-0.2, 0) is 6.54 Å². The first-order valence-electron chi connectivity index (χ1n) is 6.92. The van der Waals surface area contributed by atoms with Crippen LogP contribution >= 0.6 is 0 Å². The van der Waals surface area contributed by atoms with E-state index in [2.05, 4.69) is 43.7 Å². The van der Waals surface area contributed by atoms with E-state index in [1.165, 1.54) is 5.56 Å². The minimum atomic E-state index is 0.313. The zero-order valence-corrected chi connectivity index (χ0v) is 11.5. The summed E-state index contributed by atoms with van der Waals surface area (Å²) in [6, 6.07) is 6.10. The van der Waals surface area contributed by atoms with Crippen molar-refractivity contribution in [1.29, 1.82) is 0 Å². The summed E-state index contributed by atoms with van der Waals surface area (Å²) in [5, 5.41) is 14.2. The van der Waals surface area contributed by atoms with Crippen LogP contribution in [0.3, 0.4) is 0 Å². The molecule has 1 aromatic heterocycles. The summed E-state index contributed by atoms with van der Waals surface area (Å²) >= 11 is 0. The molecule has 21 heavy (non-hydrogen) atoms. The summed E-state index contributed by atoms with van der Waals surface area (Å²) < 4.78 is 10.8. The molecule has 1 N–H and O–H groups in total. The van der Waals surface area contributed by atoms with Gasteiger partial charge in [0.2, 0.25) is 12.6 Å². The lowest BCUT2D eigenvalue weighted by molar-refractivity contribution is 0.174. The third-order valence-electron chi connectivity index (χ3n) is 3.71. The standard InChI is InChI=1S/C14H15N5O2/c1-2-11(14-15-17-18-16-14)8-19(5-1)7-10-3-4-12-13(6-10)21-9-20-12/h2-4,6H,1,5,7-9H2,(H,15,16,17,18). The Morgan fingerprint density at radius 2 is 2.19 bits per heavy atom. The molecule has 3 heterocycles. The second-order valence-corrected chi connectivity index (χ2v) is 5.15. The van der Waals surface area contributed by atoms with Crippen LogP contribution in [0, 0.1) is 0 Å². The molecule has 0 radical (unpaired) electrons. The first-order chi connectivity index (χ1) is 10.4. The molecule has 4 rings (SSSR count). The third kappa shape index (κ3) is 2.47. The maximum absolute atomic E-state index is 5.42.